The molecule has 2 unspecified atom stereocenters. The number of fused-ring (bicyclic) bond motifs is 5. The van der Waals surface area contributed by atoms with E-state index in [0.717, 1.165) is 24.7 Å². The van der Waals surface area contributed by atoms with Crippen LogP contribution in [0.3, 0.4) is 0 Å². The summed E-state index contributed by atoms with van der Waals surface area (Å²) in [7, 11) is 0. The fraction of sp³-hybridized carbons (Fsp3) is 0.467. The zero-order valence-electron chi connectivity index (χ0n) is 10.4. The van der Waals surface area contributed by atoms with Crippen molar-refractivity contribution in [2.24, 2.45) is 0 Å². The number of hydrogen-bond donors (Lipinski definition) is 0. The van der Waals surface area contributed by atoms with E-state index in [1.54, 1.807) is 0 Å². The second-order valence-electron chi connectivity index (χ2n) is 4.59. The molecule has 0 aromatic heterocycles. The van der Waals surface area contributed by atoms with Crippen LogP contribution in [0, 0.1) is 0 Å². The van der Waals surface area contributed by atoms with E-state index in [4.69, 9.17) is 9.47 Å². The van der Waals surface area contributed by atoms with Gasteiger partial charge in [-0.3, -0.25) is 0 Å². The Labute approximate surface area is 102 Å². The summed E-state index contributed by atoms with van der Waals surface area (Å²) in [6.45, 7) is 5.51. The SMILES string of the molecule is CCOc1ccc(OCC)c2c1C1C=CC2C1. The van der Waals surface area contributed by atoms with Crippen LogP contribution in [0.25, 0.3) is 0 Å². The normalized spacial score (nSPS) is 23.9. The highest BCUT2D eigenvalue weighted by molar-refractivity contribution is 5.60. The first kappa shape index (κ1) is 10.7. The smallest absolute Gasteiger partial charge is 0.123 e. The van der Waals surface area contributed by atoms with E-state index in [-0.39, 0.29) is 0 Å². The van der Waals surface area contributed by atoms with Crippen LogP contribution in [0.1, 0.15) is 43.2 Å². The number of hydrogen-bond acceptors (Lipinski definition) is 2. The number of rotatable bonds is 4. The lowest BCUT2D eigenvalue weighted by Gasteiger charge is -2.19. The van der Waals surface area contributed by atoms with Crippen LogP contribution in [0.2, 0.25) is 0 Å². The Kier molecular flexibility index (Phi) is 2.58. The van der Waals surface area contributed by atoms with E-state index in [1.807, 2.05) is 13.8 Å². The first-order valence-corrected chi connectivity index (χ1v) is 6.45. The van der Waals surface area contributed by atoms with Gasteiger partial charge in [0, 0.05) is 23.0 Å². The minimum absolute atomic E-state index is 0.539. The van der Waals surface area contributed by atoms with E-state index < -0.39 is 0 Å². The summed E-state index contributed by atoms with van der Waals surface area (Å²) in [6.07, 6.45) is 5.82. The van der Waals surface area contributed by atoms with Gasteiger partial charge in [-0.1, -0.05) is 12.2 Å². The minimum Gasteiger partial charge on any atom is -0.494 e. The predicted octanol–water partition coefficient (Wildman–Crippen LogP) is 3.62. The molecular weight excluding hydrogens is 212 g/mol. The summed E-state index contributed by atoms with van der Waals surface area (Å²) in [5.41, 5.74) is 2.73. The molecule has 2 bridgehead atoms. The topological polar surface area (TPSA) is 18.5 Å². The molecule has 0 fully saturated rings. The van der Waals surface area contributed by atoms with E-state index in [2.05, 4.69) is 24.3 Å². The van der Waals surface area contributed by atoms with Crippen LogP contribution in [0.15, 0.2) is 24.3 Å². The first-order chi connectivity index (χ1) is 8.35. The maximum Gasteiger partial charge on any atom is 0.123 e. The Morgan fingerprint density at radius 3 is 1.82 bits per heavy atom. The number of ether oxygens (including phenoxy) is 2. The van der Waals surface area contributed by atoms with Crippen LogP contribution in [0.4, 0.5) is 0 Å². The molecule has 0 saturated heterocycles. The Morgan fingerprint density at radius 1 is 0.941 bits per heavy atom. The zero-order valence-corrected chi connectivity index (χ0v) is 10.4. The molecule has 3 rings (SSSR count). The van der Waals surface area contributed by atoms with Crippen LogP contribution >= 0.6 is 0 Å². The molecule has 2 aliphatic carbocycles. The van der Waals surface area contributed by atoms with Gasteiger partial charge in [0.15, 0.2) is 0 Å². The van der Waals surface area contributed by atoms with E-state index >= 15 is 0 Å². The quantitative estimate of drug-likeness (QED) is 0.735. The third kappa shape index (κ3) is 1.54. The van der Waals surface area contributed by atoms with E-state index in [0.29, 0.717) is 11.8 Å². The Bertz CT molecular complexity index is 421. The molecule has 17 heavy (non-hydrogen) atoms. The zero-order chi connectivity index (χ0) is 11.8. The average Bonchev–Trinajstić information content (AvgIpc) is 2.93. The summed E-state index contributed by atoms with van der Waals surface area (Å²) < 4.78 is 11.5. The molecule has 0 aliphatic heterocycles. The highest BCUT2D eigenvalue weighted by atomic mass is 16.5. The van der Waals surface area contributed by atoms with Crippen molar-refractivity contribution < 1.29 is 9.47 Å². The lowest BCUT2D eigenvalue weighted by Crippen LogP contribution is -2.04. The van der Waals surface area contributed by atoms with Crippen molar-refractivity contribution in [2.45, 2.75) is 32.1 Å². The molecule has 2 nitrogen and oxygen atoms in total. The molecule has 0 N–H and O–H groups in total. The molecule has 0 amide bonds. The van der Waals surface area contributed by atoms with E-state index in [1.165, 1.54) is 17.5 Å². The van der Waals surface area contributed by atoms with Gasteiger partial charge < -0.3 is 9.47 Å². The molecule has 2 aliphatic rings. The highest BCUT2D eigenvalue weighted by Crippen LogP contribution is 2.55. The fourth-order valence-corrected chi connectivity index (χ4v) is 3.05. The number of benzene rings is 1. The number of allylic oxidation sites excluding steroid dienone is 2. The predicted molar refractivity (Wildman–Crippen MR) is 68.0 cm³/mol. The standard InChI is InChI=1S/C15H18O2/c1-3-16-12-7-8-13(17-4-2)15-11-6-5-10(9-11)14(12)15/h5-8,10-11H,3-4,9H2,1-2H3. The van der Waals surface area contributed by atoms with Crippen molar-refractivity contribution in [1.29, 1.82) is 0 Å². The highest BCUT2D eigenvalue weighted by Gasteiger charge is 2.37. The Balaban J connectivity index is 2.09. The molecule has 0 saturated carbocycles. The van der Waals surface area contributed by atoms with Gasteiger partial charge in [-0.2, -0.15) is 0 Å². The van der Waals surface area contributed by atoms with Gasteiger partial charge in [0.2, 0.25) is 0 Å². The molecule has 0 heterocycles. The summed E-state index contributed by atoms with van der Waals surface area (Å²) in [6, 6.07) is 4.11. The van der Waals surface area contributed by atoms with Crippen LogP contribution in [0.5, 0.6) is 11.5 Å². The lowest BCUT2D eigenvalue weighted by atomic mass is 9.95. The second kappa shape index (κ2) is 4.10. The maximum atomic E-state index is 5.75. The van der Waals surface area contributed by atoms with Gasteiger partial charge in [0.25, 0.3) is 0 Å². The maximum absolute atomic E-state index is 5.75. The summed E-state index contributed by atoms with van der Waals surface area (Å²) >= 11 is 0. The van der Waals surface area contributed by atoms with Gasteiger partial charge >= 0.3 is 0 Å². The molecule has 90 valence electrons. The largest absolute Gasteiger partial charge is 0.494 e. The lowest BCUT2D eigenvalue weighted by molar-refractivity contribution is 0.325. The summed E-state index contributed by atoms with van der Waals surface area (Å²) in [5.74, 6) is 3.17. The molecule has 0 radical (unpaired) electrons. The van der Waals surface area contributed by atoms with Gasteiger partial charge in [-0.15, -0.1) is 0 Å². The summed E-state index contributed by atoms with van der Waals surface area (Å²) in [4.78, 5) is 0. The van der Waals surface area contributed by atoms with Crippen LogP contribution < -0.4 is 9.47 Å². The molecule has 2 heteroatoms. The van der Waals surface area contributed by atoms with Gasteiger partial charge in [-0.05, 0) is 32.4 Å². The monoisotopic (exact) mass is 230 g/mol. The third-order valence-electron chi connectivity index (χ3n) is 3.63. The van der Waals surface area contributed by atoms with Crippen LogP contribution in [-0.2, 0) is 0 Å². The van der Waals surface area contributed by atoms with Crippen molar-refractivity contribution in [3.05, 3.63) is 35.4 Å². The van der Waals surface area contributed by atoms with Crippen molar-refractivity contribution >= 4 is 0 Å². The average molecular weight is 230 g/mol. The second-order valence-corrected chi connectivity index (χ2v) is 4.59. The third-order valence-corrected chi connectivity index (χ3v) is 3.63. The fourth-order valence-electron chi connectivity index (χ4n) is 3.05. The molecule has 2 atom stereocenters. The molecule has 0 spiro atoms. The van der Waals surface area contributed by atoms with Crippen molar-refractivity contribution in [1.82, 2.24) is 0 Å². The Morgan fingerprint density at radius 2 is 1.41 bits per heavy atom. The van der Waals surface area contributed by atoms with Gasteiger partial charge in [0.1, 0.15) is 11.5 Å². The van der Waals surface area contributed by atoms with Gasteiger partial charge in [0.05, 0.1) is 13.2 Å². The molecule has 1 aromatic rings. The Hall–Kier alpha value is -1.44. The molecular formula is C15H18O2. The van der Waals surface area contributed by atoms with Gasteiger partial charge in [-0.25, -0.2) is 0 Å². The first-order valence-electron chi connectivity index (χ1n) is 6.45. The van der Waals surface area contributed by atoms with Crippen molar-refractivity contribution in [2.75, 3.05) is 13.2 Å². The summed E-state index contributed by atoms with van der Waals surface area (Å²) in [5, 5.41) is 0. The van der Waals surface area contributed by atoms with Crippen molar-refractivity contribution in [3.63, 3.8) is 0 Å². The van der Waals surface area contributed by atoms with Crippen LogP contribution in [-0.4, -0.2) is 13.2 Å². The molecule has 1 aromatic carbocycles. The minimum atomic E-state index is 0.539. The van der Waals surface area contributed by atoms with E-state index in [9.17, 15) is 0 Å². The van der Waals surface area contributed by atoms with Crippen molar-refractivity contribution in [3.8, 4) is 11.5 Å².